The van der Waals surface area contributed by atoms with Crippen molar-refractivity contribution >= 4 is 18.3 Å². The van der Waals surface area contributed by atoms with Crippen molar-refractivity contribution < 1.29 is 9.53 Å². The van der Waals surface area contributed by atoms with Crippen LogP contribution in [-0.2, 0) is 9.53 Å². The largest absolute Gasteiger partial charge is 0.373 e. The van der Waals surface area contributed by atoms with Crippen molar-refractivity contribution in [2.45, 2.75) is 37.8 Å². The van der Waals surface area contributed by atoms with Crippen LogP contribution in [0.25, 0.3) is 0 Å². The molecule has 0 saturated carbocycles. The highest BCUT2D eigenvalue weighted by atomic mass is 35.5. The lowest BCUT2D eigenvalue weighted by molar-refractivity contribution is -0.135. The maximum atomic E-state index is 12.6. The Kier molecular flexibility index (Phi) is 6.68. The van der Waals surface area contributed by atoms with Gasteiger partial charge >= 0.3 is 0 Å². The van der Waals surface area contributed by atoms with Crippen LogP contribution in [0, 0.1) is 5.92 Å². The number of hydrogen-bond acceptors (Lipinski definition) is 3. The Morgan fingerprint density at radius 3 is 2.73 bits per heavy atom. The zero-order chi connectivity index (χ0) is 14.5. The minimum atomic E-state index is -0.100. The van der Waals surface area contributed by atoms with E-state index >= 15 is 0 Å². The van der Waals surface area contributed by atoms with Crippen LogP contribution in [0.3, 0.4) is 0 Å². The van der Waals surface area contributed by atoms with Crippen LogP contribution in [0.4, 0.5) is 0 Å². The number of carbonyl (C=O) groups excluding carboxylic acids is 1. The van der Waals surface area contributed by atoms with Crippen LogP contribution in [0.2, 0.25) is 0 Å². The minimum Gasteiger partial charge on any atom is -0.373 e. The molecule has 4 nitrogen and oxygen atoms in total. The minimum absolute atomic E-state index is 0. The molecule has 1 aromatic rings. The molecule has 2 aliphatic rings. The Morgan fingerprint density at radius 1 is 1.18 bits per heavy atom. The molecular weight excluding hydrogens is 300 g/mol. The van der Waals surface area contributed by atoms with Crippen LogP contribution in [0.5, 0.6) is 0 Å². The van der Waals surface area contributed by atoms with Crippen LogP contribution in [-0.4, -0.2) is 31.6 Å². The van der Waals surface area contributed by atoms with E-state index < -0.39 is 0 Å². The predicted octanol–water partition coefficient (Wildman–Crippen LogP) is 2.44. The van der Waals surface area contributed by atoms with Crippen molar-refractivity contribution in [3.8, 4) is 0 Å². The van der Waals surface area contributed by atoms with Crippen molar-refractivity contribution in [2.24, 2.45) is 5.92 Å². The average Bonchev–Trinajstić information content (AvgIpc) is 2.56. The topological polar surface area (TPSA) is 50.4 Å². The third kappa shape index (κ3) is 4.22. The predicted molar refractivity (Wildman–Crippen MR) is 89.1 cm³/mol. The van der Waals surface area contributed by atoms with Gasteiger partial charge in [0.05, 0.1) is 12.0 Å². The Hall–Kier alpha value is -1.10. The average molecular weight is 325 g/mol. The molecule has 0 spiro atoms. The number of carbonyl (C=O) groups is 1. The molecule has 122 valence electrons. The molecule has 3 atom stereocenters. The number of piperidine rings is 1. The molecule has 2 N–H and O–H groups in total. The first-order valence-corrected chi connectivity index (χ1v) is 8.02. The summed E-state index contributed by atoms with van der Waals surface area (Å²) in [5.74, 6) is 0.0836. The Balaban J connectivity index is 0.00000176. The van der Waals surface area contributed by atoms with E-state index in [1.165, 1.54) is 0 Å². The molecule has 0 aromatic heterocycles. The molecule has 1 amide bonds. The maximum absolute atomic E-state index is 12.6. The van der Waals surface area contributed by atoms with Gasteiger partial charge in [-0.3, -0.25) is 4.79 Å². The molecule has 3 rings (SSSR count). The Bertz CT molecular complexity index is 463. The van der Waals surface area contributed by atoms with Crippen molar-refractivity contribution in [1.82, 2.24) is 10.6 Å². The fraction of sp³-hybridized carbons (Fsp3) is 0.588. The summed E-state index contributed by atoms with van der Waals surface area (Å²) < 4.78 is 5.91. The summed E-state index contributed by atoms with van der Waals surface area (Å²) in [7, 11) is 0. The van der Waals surface area contributed by atoms with Crippen LogP contribution >= 0.6 is 12.4 Å². The fourth-order valence-corrected chi connectivity index (χ4v) is 3.30. The van der Waals surface area contributed by atoms with E-state index in [0.717, 1.165) is 50.9 Å². The first-order valence-electron chi connectivity index (χ1n) is 8.02. The molecule has 2 fully saturated rings. The quantitative estimate of drug-likeness (QED) is 0.898. The Morgan fingerprint density at radius 2 is 2.00 bits per heavy atom. The highest BCUT2D eigenvalue weighted by Gasteiger charge is 2.33. The monoisotopic (exact) mass is 324 g/mol. The number of rotatable bonds is 3. The molecule has 2 unspecified atom stereocenters. The summed E-state index contributed by atoms with van der Waals surface area (Å²) in [6.45, 7) is 2.69. The van der Waals surface area contributed by atoms with Crippen LogP contribution < -0.4 is 10.6 Å². The second kappa shape index (κ2) is 8.51. The number of nitrogens with one attached hydrogen (secondary N) is 2. The number of benzene rings is 1. The summed E-state index contributed by atoms with van der Waals surface area (Å²) in [4.78, 5) is 12.6. The summed E-state index contributed by atoms with van der Waals surface area (Å²) in [6.07, 6.45) is 3.98. The summed E-state index contributed by atoms with van der Waals surface area (Å²) in [6, 6.07) is 10.4. The highest BCUT2D eigenvalue weighted by molar-refractivity contribution is 5.85. The van der Waals surface area contributed by atoms with Crippen LogP contribution in [0.15, 0.2) is 30.3 Å². The van der Waals surface area contributed by atoms with E-state index in [2.05, 4.69) is 22.8 Å². The van der Waals surface area contributed by atoms with Gasteiger partial charge in [0.2, 0.25) is 5.91 Å². The fourth-order valence-electron chi connectivity index (χ4n) is 3.30. The number of amides is 1. The third-order valence-corrected chi connectivity index (χ3v) is 4.43. The lowest BCUT2D eigenvalue weighted by Crippen LogP contribution is -2.49. The molecular formula is C17H25ClN2O2. The first-order chi connectivity index (χ1) is 10.3. The van der Waals surface area contributed by atoms with Gasteiger partial charge in [0.1, 0.15) is 0 Å². The van der Waals surface area contributed by atoms with E-state index in [1.807, 2.05) is 18.2 Å². The van der Waals surface area contributed by atoms with Crippen molar-refractivity contribution in [3.05, 3.63) is 35.9 Å². The van der Waals surface area contributed by atoms with Gasteiger partial charge in [0.15, 0.2) is 0 Å². The lowest BCUT2D eigenvalue weighted by atomic mass is 9.88. The van der Waals surface area contributed by atoms with Crippen molar-refractivity contribution in [3.63, 3.8) is 0 Å². The molecule has 2 heterocycles. The summed E-state index contributed by atoms with van der Waals surface area (Å²) in [5.41, 5.74) is 1.11. The molecule has 2 saturated heterocycles. The normalized spacial score (nSPS) is 28.5. The standard InChI is InChI=1S/C17H24N2O2.ClH/c20-17(19-14-8-4-10-18-12-14)15-9-5-11-21-16(15)13-6-2-1-3-7-13;/h1-3,6-7,14-16,18H,4-5,8-12H2,(H,19,20);1H/t14-,15?,16?;/m0./s1. The maximum Gasteiger partial charge on any atom is 0.226 e. The highest BCUT2D eigenvalue weighted by Crippen LogP contribution is 2.33. The zero-order valence-corrected chi connectivity index (χ0v) is 13.6. The lowest BCUT2D eigenvalue weighted by Gasteiger charge is -2.33. The van der Waals surface area contributed by atoms with Gasteiger partial charge in [-0.2, -0.15) is 0 Å². The number of halogens is 1. The van der Waals surface area contributed by atoms with Gasteiger partial charge in [0, 0.05) is 19.2 Å². The van der Waals surface area contributed by atoms with E-state index in [-0.39, 0.29) is 36.4 Å². The van der Waals surface area contributed by atoms with Gasteiger partial charge in [0.25, 0.3) is 0 Å². The molecule has 0 aliphatic carbocycles. The SMILES string of the molecule is Cl.O=C(N[C@H]1CCCNC1)C1CCCOC1c1ccccc1. The molecule has 0 bridgehead atoms. The first kappa shape index (κ1) is 17.3. The third-order valence-electron chi connectivity index (χ3n) is 4.43. The van der Waals surface area contributed by atoms with Gasteiger partial charge in [-0.05, 0) is 37.8 Å². The Labute approximate surface area is 138 Å². The smallest absolute Gasteiger partial charge is 0.226 e. The van der Waals surface area contributed by atoms with Crippen molar-refractivity contribution in [1.29, 1.82) is 0 Å². The molecule has 2 aliphatic heterocycles. The van der Waals surface area contributed by atoms with E-state index in [0.29, 0.717) is 0 Å². The number of ether oxygens (including phenoxy) is 1. The van der Waals surface area contributed by atoms with Gasteiger partial charge in [-0.25, -0.2) is 0 Å². The molecule has 1 aromatic carbocycles. The molecule has 0 radical (unpaired) electrons. The second-order valence-corrected chi connectivity index (χ2v) is 6.00. The van der Waals surface area contributed by atoms with Gasteiger partial charge in [-0.15, -0.1) is 12.4 Å². The van der Waals surface area contributed by atoms with E-state index in [1.54, 1.807) is 0 Å². The van der Waals surface area contributed by atoms with E-state index in [4.69, 9.17) is 4.74 Å². The van der Waals surface area contributed by atoms with Crippen LogP contribution in [0.1, 0.15) is 37.4 Å². The zero-order valence-electron chi connectivity index (χ0n) is 12.8. The summed E-state index contributed by atoms with van der Waals surface area (Å²) in [5, 5.41) is 6.55. The van der Waals surface area contributed by atoms with Gasteiger partial charge < -0.3 is 15.4 Å². The van der Waals surface area contributed by atoms with E-state index in [9.17, 15) is 4.79 Å². The molecule has 22 heavy (non-hydrogen) atoms. The second-order valence-electron chi connectivity index (χ2n) is 6.00. The van der Waals surface area contributed by atoms with Gasteiger partial charge in [-0.1, -0.05) is 30.3 Å². The van der Waals surface area contributed by atoms with Crippen molar-refractivity contribution in [2.75, 3.05) is 19.7 Å². The number of hydrogen-bond donors (Lipinski definition) is 2. The summed E-state index contributed by atoms with van der Waals surface area (Å²) >= 11 is 0. The molecule has 5 heteroatoms.